The summed E-state index contributed by atoms with van der Waals surface area (Å²) >= 11 is 0. The fourth-order valence-corrected chi connectivity index (χ4v) is 3.09. The van der Waals surface area contributed by atoms with E-state index in [1.807, 2.05) is 0 Å². The minimum absolute atomic E-state index is 0.0702. The van der Waals surface area contributed by atoms with Crippen molar-refractivity contribution in [2.45, 2.75) is 0 Å². The van der Waals surface area contributed by atoms with Crippen molar-refractivity contribution in [1.82, 2.24) is 9.80 Å². The van der Waals surface area contributed by atoms with Gasteiger partial charge in [-0.1, -0.05) is 12.1 Å². The Kier molecular flexibility index (Phi) is 7.16. The summed E-state index contributed by atoms with van der Waals surface area (Å²) in [5, 5.41) is 5.62. The van der Waals surface area contributed by atoms with E-state index in [4.69, 9.17) is 4.74 Å². The summed E-state index contributed by atoms with van der Waals surface area (Å²) in [7, 11) is 3.61. The largest absolute Gasteiger partial charge is 0.378 e. The van der Waals surface area contributed by atoms with Crippen molar-refractivity contribution >= 4 is 29.1 Å². The second-order valence-electron chi connectivity index (χ2n) is 7.27. The molecule has 0 spiro atoms. The molecule has 0 bridgehead atoms. The number of nitrogens with one attached hydrogen (secondary N) is 2. The third kappa shape index (κ3) is 5.65. The van der Waals surface area contributed by atoms with Crippen LogP contribution in [0.15, 0.2) is 48.5 Å². The van der Waals surface area contributed by atoms with Gasteiger partial charge < -0.3 is 25.2 Å². The fourth-order valence-electron chi connectivity index (χ4n) is 3.09. The van der Waals surface area contributed by atoms with E-state index < -0.39 is 0 Å². The zero-order valence-corrected chi connectivity index (χ0v) is 17.2. The summed E-state index contributed by atoms with van der Waals surface area (Å²) in [6.45, 7) is 2.45. The van der Waals surface area contributed by atoms with E-state index in [1.54, 1.807) is 72.4 Å². The van der Waals surface area contributed by atoms with Crippen molar-refractivity contribution in [2.75, 3.05) is 57.6 Å². The molecule has 0 atom stereocenters. The minimum atomic E-state index is -0.324. The Morgan fingerprint density at radius 1 is 0.900 bits per heavy atom. The topological polar surface area (TPSA) is 91.0 Å². The first-order valence-electron chi connectivity index (χ1n) is 9.76. The van der Waals surface area contributed by atoms with Crippen molar-refractivity contribution in [2.24, 2.45) is 0 Å². The summed E-state index contributed by atoms with van der Waals surface area (Å²) < 4.78 is 5.27. The van der Waals surface area contributed by atoms with E-state index in [9.17, 15) is 14.4 Å². The van der Waals surface area contributed by atoms with Crippen molar-refractivity contribution < 1.29 is 19.1 Å². The zero-order valence-electron chi connectivity index (χ0n) is 17.2. The van der Waals surface area contributed by atoms with Gasteiger partial charge in [-0.05, 0) is 50.5 Å². The van der Waals surface area contributed by atoms with Crippen LogP contribution in [0.5, 0.6) is 0 Å². The number of anilines is 2. The quantitative estimate of drug-likeness (QED) is 0.759. The van der Waals surface area contributed by atoms with E-state index in [1.165, 1.54) is 0 Å². The Hall–Kier alpha value is -3.23. The van der Waals surface area contributed by atoms with Crippen LogP contribution in [-0.4, -0.2) is 74.5 Å². The number of benzene rings is 2. The number of carbonyl (C=O) groups excluding carboxylic acids is 3. The molecule has 1 heterocycles. The molecule has 1 aliphatic heterocycles. The molecular formula is C22H26N4O4. The molecule has 1 fully saturated rings. The second kappa shape index (κ2) is 10.00. The van der Waals surface area contributed by atoms with Crippen LogP contribution in [-0.2, 0) is 9.53 Å². The molecule has 0 unspecified atom stereocenters. The third-order valence-electron chi connectivity index (χ3n) is 4.60. The molecule has 0 aromatic heterocycles. The SMILES string of the molecule is CN(C)CC(=O)Nc1ccccc1NC(=O)c1ccc(C(=O)N2CCOCC2)cc1. The Morgan fingerprint density at radius 3 is 2.07 bits per heavy atom. The number of ether oxygens (including phenoxy) is 1. The van der Waals surface area contributed by atoms with Crippen LogP contribution in [0.3, 0.4) is 0 Å². The number of amides is 3. The van der Waals surface area contributed by atoms with Crippen molar-refractivity contribution in [1.29, 1.82) is 0 Å². The molecular weight excluding hydrogens is 384 g/mol. The summed E-state index contributed by atoms with van der Waals surface area (Å²) in [6.07, 6.45) is 0. The van der Waals surface area contributed by atoms with Crippen molar-refractivity contribution in [3.8, 4) is 0 Å². The molecule has 1 saturated heterocycles. The van der Waals surface area contributed by atoms with Gasteiger partial charge in [-0.15, -0.1) is 0 Å². The minimum Gasteiger partial charge on any atom is -0.378 e. The van der Waals surface area contributed by atoms with Gasteiger partial charge in [0.2, 0.25) is 5.91 Å². The summed E-state index contributed by atoms with van der Waals surface area (Å²) in [5.74, 6) is -0.568. The van der Waals surface area contributed by atoms with E-state index in [0.717, 1.165) is 0 Å². The molecule has 158 valence electrons. The second-order valence-corrected chi connectivity index (χ2v) is 7.27. The average molecular weight is 410 g/mol. The molecule has 2 aromatic carbocycles. The van der Waals surface area contributed by atoms with Crippen LogP contribution in [0.1, 0.15) is 20.7 Å². The van der Waals surface area contributed by atoms with Crippen molar-refractivity contribution in [3.05, 3.63) is 59.7 Å². The summed E-state index contributed by atoms with van der Waals surface area (Å²) in [6, 6.07) is 13.6. The average Bonchev–Trinajstić information content (AvgIpc) is 2.74. The van der Waals surface area contributed by atoms with Gasteiger partial charge in [-0.25, -0.2) is 0 Å². The number of para-hydroxylation sites is 2. The molecule has 8 heteroatoms. The number of nitrogens with zero attached hydrogens (tertiary/aromatic N) is 2. The number of rotatable bonds is 6. The van der Waals surface area contributed by atoms with E-state index >= 15 is 0 Å². The van der Waals surface area contributed by atoms with Gasteiger partial charge in [0, 0.05) is 24.2 Å². The molecule has 1 aliphatic rings. The number of carbonyl (C=O) groups is 3. The maximum absolute atomic E-state index is 12.7. The number of hydrogen-bond acceptors (Lipinski definition) is 5. The first-order chi connectivity index (χ1) is 14.4. The summed E-state index contributed by atoms with van der Waals surface area (Å²) in [5.41, 5.74) is 1.98. The number of likely N-dealkylation sites (N-methyl/N-ethyl adjacent to an activating group) is 1. The monoisotopic (exact) mass is 410 g/mol. The molecule has 0 radical (unpaired) electrons. The maximum Gasteiger partial charge on any atom is 0.255 e. The molecule has 30 heavy (non-hydrogen) atoms. The highest BCUT2D eigenvalue weighted by atomic mass is 16.5. The van der Waals surface area contributed by atoms with E-state index in [0.29, 0.717) is 48.8 Å². The predicted octanol–water partition coefficient (Wildman–Crippen LogP) is 1.91. The predicted molar refractivity (Wildman–Crippen MR) is 115 cm³/mol. The highest BCUT2D eigenvalue weighted by Crippen LogP contribution is 2.22. The first-order valence-corrected chi connectivity index (χ1v) is 9.76. The lowest BCUT2D eigenvalue weighted by molar-refractivity contribution is -0.116. The number of morpholine rings is 1. The Labute approximate surface area is 175 Å². The number of hydrogen-bond donors (Lipinski definition) is 2. The lowest BCUT2D eigenvalue weighted by Crippen LogP contribution is -2.40. The van der Waals surface area contributed by atoms with E-state index in [2.05, 4.69) is 10.6 Å². The Morgan fingerprint density at radius 2 is 1.47 bits per heavy atom. The maximum atomic E-state index is 12.7. The smallest absolute Gasteiger partial charge is 0.255 e. The van der Waals surface area contributed by atoms with Gasteiger partial charge in [0.15, 0.2) is 0 Å². The zero-order chi connectivity index (χ0) is 21.5. The van der Waals surface area contributed by atoms with Crippen LogP contribution in [0.25, 0.3) is 0 Å². The van der Waals surface area contributed by atoms with Gasteiger partial charge in [-0.2, -0.15) is 0 Å². The van der Waals surface area contributed by atoms with Crippen LogP contribution in [0, 0.1) is 0 Å². The molecule has 3 rings (SSSR count). The van der Waals surface area contributed by atoms with Crippen molar-refractivity contribution in [3.63, 3.8) is 0 Å². The van der Waals surface area contributed by atoms with Crippen LogP contribution < -0.4 is 10.6 Å². The lowest BCUT2D eigenvalue weighted by atomic mass is 10.1. The molecule has 0 aliphatic carbocycles. The lowest BCUT2D eigenvalue weighted by Gasteiger charge is -2.26. The normalized spacial score (nSPS) is 13.8. The van der Waals surface area contributed by atoms with Crippen LogP contribution >= 0.6 is 0 Å². The third-order valence-corrected chi connectivity index (χ3v) is 4.60. The van der Waals surface area contributed by atoms with Gasteiger partial charge in [0.25, 0.3) is 11.8 Å². The first kappa shape index (κ1) is 21.5. The van der Waals surface area contributed by atoms with Gasteiger partial charge in [0.1, 0.15) is 0 Å². The van der Waals surface area contributed by atoms with Gasteiger partial charge in [-0.3, -0.25) is 14.4 Å². The Balaban J connectivity index is 1.66. The molecule has 0 saturated carbocycles. The fraction of sp³-hybridized carbons (Fsp3) is 0.318. The summed E-state index contributed by atoms with van der Waals surface area (Å²) in [4.78, 5) is 40.7. The molecule has 8 nitrogen and oxygen atoms in total. The molecule has 2 N–H and O–H groups in total. The van der Waals surface area contributed by atoms with Gasteiger partial charge >= 0.3 is 0 Å². The highest BCUT2D eigenvalue weighted by molar-refractivity contribution is 6.08. The Bertz CT molecular complexity index is 906. The standard InChI is InChI=1S/C22H26N4O4/c1-25(2)15-20(27)23-18-5-3-4-6-19(18)24-21(28)16-7-9-17(10-8-16)22(29)26-11-13-30-14-12-26/h3-10H,11-15H2,1-2H3,(H,23,27)(H,24,28). The van der Waals surface area contributed by atoms with Crippen LogP contribution in [0.4, 0.5) is 11.4 Å². The van der Waals surface area contributed by atoms with Crippen LogP contribution in [0.2, 0.25) is 0 Å². The van der Waals surface area contributed by atoms with E-state index in [-0.39, 0.29) is 24.3 Å². The molecule has 2 aromatic rings. The van der Waals surface area contributed by atoms with Gasteiger partial charge in [0.05, 0.1) is 31.1 Å². The highest BCUT2D eigenvalue weighted by Gasteiger charge is 2.19. The molecule has 3 amide bonds.